The van der Waals surface area contributed by atoms with Crippen LogP contribution < -0.4 is 5.32 Å². The first-order chi connectivity index (χ1) is 11.8. The lowest BCUT2D eigenvalue weighted by molar-refractivity contribution is -0.145. The molecule has 0 aliphatic heterocycles. The van der Waals surface area contributed by atoms with Crippen LogP contribution in [0.4, 0.5) is 0 Å². The van der Waals surface area contributed by atoms with Crippen LogP contribution in [0, 0.1) is 0 Å². The van der Waals surface area contributed by atoms with Gasteiger partial charge in [0.1, 0.15) is 5.54 Å². The van der Waals surface area contributed by atoms with Crippen molar-refractivity contribution in [3.63, 3.8) is 0 Å². The number of nitrogens with one attached hydrogen (secondary N) is 1. The molecule has 0 aromatic heterocycles. The Morgan fingerprint density at radius 1 is 0.885 bits per heavy atom. The van der Waals surface area contributed by atoms with Gasteiger partial charge in [0.25, 0.3) is 5.91 Å². The molecule has 0 heterocycles. The molecule has 1 aromatic rings. The molecule has 4 heteroatoms. The summed E-state index contributed by atoms with van der Waals surface area (Å²) in [4.78, 5) is 24.9. The lowest BCUT2D eigenvalue weighted by Gasteiger charge is -2.34. The van der Waals surface area contributed by atoms with Crippen molar-refractivity contribution in [1.82, 2.24) is 5.32 Å². The molecule has 1 aromatic carbocycles. The zero-order valence-electron chi connectivity index (χ0n) is 17.0. The second-order valence-corrected chi connectivity index (χ2v) is 9.70. The smallest absolute Gasteiger partial charge is 0.329 e. The van der Waals surface area contributed by atoms with Crippen LogP contribution in [0.3, 0.4) is 0 Å². The molecule has 0 radical (unpaired) electrons. The minimum atomic E-state index is -1.13. The van der Waals surface area contributed by atoms with Crippen molar-refractivity contribution in [2.24, 2.45) is 0 Å². The van der Waals surface area contributed by atoms with Gasteiger partial charge in [-0.15, -0.1) is 0 Å². The number of amides is 1. The number of carboxylic acid groups (broad SMARTS) is 1. The molecule has 26 heavy (non-hydrogen) atoms. The standard InChI is InChI=1S/C22H33NO3/c1-20(2,3)16-12-15(13-17(14-16)21(4,5)6)18(24)23-22(19(25)26)10-8-7-9-11-22/h12-14H,7-11H2,1-6H3,(H,23,24)(H,25,26). The van der Waals surface area contributed by atoms with Gasteiger partial charge in [0.2, 0.25) is 0 Å². The maximum Gasteiger partial charge on any atom is 0.329 e. The first kappa shape index (κ1) is 20.5. The lowest BCUT2D eigenvalue weighted by atomic mass is 9.79. The van der Waals surface area contributed by atoms with Gasteiger partial charge in [0.15, 0.2) is 0 Å². The predicted octanol–water partition coefficient (Wildman–Crippen LogP) is 4.80. The molecule has 1 saturated carbocycles. The Labute approximate surface area is 157 Å². The van der Waals surface area contributed by atoms with E-state index in [0.29, 0.717) is 18.4 Å². The topological polar surface area (TPSA) is 66.4 Å². The molecule has 4 nitrogen and oxygen atoms in total. The zero-order valence-corrected chi connectivity index (χ0v) is 17.0. The third kappa shape index (κ3) is 4.46. The summed E-state index contributed by atoms with van der Waals surface area (Å²) in [5, 5.41) is 12.6. The van der Waals surface area contributed by atoms with Gasteiger partial charge in [0, 0.05) is 5.56 Å². The molecule has 1 aliphatic carbocycles. The van der Waals surface area contributed by atoms with Crippen LogP contribution in [0.15, 0.2) is 18.2 Å². The van der Waals surface area contributed by atoms with Crippen molar-refractivity contribution in [3.8, 4) is 0 Å². The number of benzene rings is 1. The quantitative estimate of drug-likeness (QED) is 0.815. The number of hydrogen-bond acceptors (Lipinski definition) is 2. The van der Waals surface area contributed by atoms with Crippen molar-refractivity contribution in [1.29, 1.82) is 0 Å². The second kappa shape index (κ2) is 7.05. The SMILES string of the molecule is CC(C)(C)c1cc(C(=O)NC2(C(=O)O)CCCCC2)cc(C(C)(C)C)c1. The van der Waals surface area contributed by atoms with Gasteiger partial charge >= 0.3 is 5.97 Å². The molecule has 0 saturated heterocycles. The van der Waals surface area contributed by atoms with Crippen molar-refractivity contribution < 1.29 is 14.7 Å². The largest absolute Gasteiger partial charge is 0.480 e. The highest BCUT2D eigenvalue weighted by atomic mass is 16.4. The fourth-order valence-corrected chi connectivity index (χ4v) is 3.46. The molecule has 2 rings (SSSR count). The molecule has 0 unspecified atom stereocenters. The summed E-state index contributed by atoms with van der Waals surface area (Å²) >= 11 is 0. The Hall–Kier alpha value is -1.84. The van der Waals surface area contributed by atoms with E-state index in [1.807, 2.05) is 12.1 Å². The average Bonchev–Trinajstić information content (AvgIpc) is 2.53. The Morgan fingerprint density at radius 3 is 1.73 bits per heavy atom. The summed E-state index contributed by atoms with van der Waals surface area (Å²) in [6.45, 7) is 12.7. The molecule has 1 amide bonds. The highest BCUT2D eigenvalue weighted by Crippen LogP contribution is 2.32. The summed E-state index contributed by atoms with van der Waals surface area (Å²) < 4.78 is 0. The molecule has 0 spiro atoms. The molecule has 0 atom stereocenters. The van der Waals surface area contributed by atoms with Gasteiger partial charge in [-0.3, -0.25) is 4.79 Å². The first-order valence-electron chi connectivity index (χ1n) is 9.57. The van der Waals surface area contributed by atoms with Crippen LogP contribution in [0.5, 0.6) is 0 Å². The Kier molecular flexibility index (Phi) is 5.55. The molecule has 1 fully saturated rings. The van der Waals surface area contributed by atoms with Gasteiger partial charge < -0.3 is 10.4 Å². The third-order valence-corrected chi connectivity index (χ3v) is 5.40. The molecule has 1 aliphatic rings. The monoisotopic (exact) mass is 359 g/mol. The van der Waals surface area contributed by atoms with Gasteiger partial charge in [-0.25, -0.2) is 4.79 Å². The van der Waals surface area contributed by atoms with Crippen LogP contribution >= 0.6 is 0 Å². The highest BCUT2D eigenvalue weighted by molar-refractivity contribution is 5.98. The second-order valence-electron chi connectivity index (χ2n) is 9.70. The number of carboxylic acids is 1. The Balaban J connectivity index is 2.43. The van der Waals surface area contributed by atoms with Crippen molar-refractivity contribution in [3.05, 3.63) is 34.9 Å². The molecule has 0 bridgehead atoms. The van der Waals surface area contributed by atoms with E-state index < -0.39 is 11.5 Å². The van der Waals surface area contributed by atoms with E-state index in [1.54, 1.807) is 0 Å². The van der Waals surface area contributed by atoms with E-state index in [-0.39, 0.29) is 16.7 Å². The third-order valence-electron chi connectivity index (χ3n) is 5.40. The maximum atomic E-state index is 13.0. The summed E-state index contributed by atoms with van der Waals surface area (Å²) in [5.74, 6) is -1.21. The van der Waals surface area contributed by atoms with Crippen molar-refractivity contribution in [2.45, 2.75) is 90.0 Å². The van der Waals surface area contributed by atoms with E-state index in [0.717, 1.165) is 30.4 Å². The van der Waals surface area contributed by atoms with E-state index in [1.165, 1.54) is 0 Å². The van der Waals surface area contributed by atoms with E-state index in [2.05, 4.69) is 52.9 Å². The van der Waals surface area contributed by atoms with Gasteiger partial charge in [0.05, 0.1) is 0 Å². The molecule has 2 N–H and O–H groups in total. The first-order valence-corrected chi connectivity index (χ1v) is 9.57. The maximum absolute atomic E-state index is 13.0. The Bertz CT molecular complexity index is 654. The van der Waals surface area contributed by atoms with Crippen LogP contribution in [0.2, 0.25) is 0 Å². The number of carbonyl (C=O) groups is 2. The van der Waals surface area contributed by atoms with E-state index >= 15 is 0 Å². The number of aliphatic carboxylic acids is 1. The fourth-order valence-electron chi connectivity index (χ4n) is 3.46. The van der Waals surface area contributed by atoms with Crippen LogP contribution in [0.25, 0.3) is 0 Å². The number of rotatable bonds is 3. The van der Waals surface area contributed by atoms with E-state index in [9.17, 15) is 14.7 Å². The van der Waals surface area contributed by atoms with Gasteiger partial charge in [-0.05, 0) is 46.9 Å². The summed E-state index contributed by atoms with van der Waals surface area (Å²) in [7, 11) is 0. The lowest BCUT2D eigenvalue weighted by Crippen LogP contribution is -2.55. The molecule has 144 valence electrons. The minimum absolute atomic E-state index is 0.0917. The van der Waals surface area contributed by atoms with Gasteiger partial charge in [-0.1, -0.05) is 66.9 Å². The minimum Gasteiger partial charge on any atom is -0.480 e. The number of hydrogen-bond donors (Lipinski definition) is 2. The van der Waals surface area contributed by atoms with Crippen LogP contribution in [0.1, 0.15) is 95.1 Å². The normalized spacial score (nSPS) is 17.6. The van der Waals surface area contributed by atoms with Crippen molar-refractivity contribution in [2.75, 3.05) is 0 Å². The van der Waals surface area contributed by atoms with Crippen molar-refractivity contribution >= 4 is 11.9 Å². The average molecular weight is 360 g/mol. The predicted molar refractivity (Wildman–Crippen MR) is 105 cm³/mol. The van der Waals surface area contributed by atoms with Crippen LogP contribution in [-0.2, 0) is 15.6 Å². The summed E-state index contributed by atoms with van der Waals surface area (Å²) in [6, 6.07) is 5.97. The Morgan fingerprint density at radius 2 is 1.35 bits per heavy atom. The fraction of sp³-hybridized carbons (Fsp3) is 0.636. The van der Waals surface area contributed by atoms with E-state index in [4.69, 9.17) is 0 Å². The van der Waals surface area contributed by atoms with Crippen LogP contribution in [-0.4, -0.2) is 22.5 Å². The molecular weight excluding hydrogens is 326 g/mol. The van der Waals surface area contributed by atoms with Gasteiger partial charge in [-0.2, -0.15) is 0 Å². The summed E-state index contributed by atoms with van der Waals surface area (Å²) in [6.07, 6.45) is 3.70. The highest BCUT2D eigenvalue weighted by Gasteiger charge is 2.41. The molecular formula is C22H33NO3. The summed E-state index contributed by atoms with van der Waals surface area (Å²) in [5.41, 5.74) is 1.41. The number of carbonyl (C=O) groups excluding carboxylic acids is 1. The zero-order chi connectivity index (χ0) is 19.8.